The number of carbonyl (C=O) groups is 2. The van der Waals surface area contributed by atoms with Crippen LogP contribution in [0, 0.1) is 0 Å². The van der Waals surface area contributed by atoms with Crippen molar-refractivity contribution in [3.8, 4) is 0 Å². The molecule has 0 aromatic rings. The summed E-state index contributed by atoms with van der Waals surface area (Å²) in [6.07, 6.45) is 51.9. The van der Waals surface area contributed by atoms with Gasteiger partial charge in [-0.25, -0.2) is 4.57 Å². The molecule has 0 aromatic heterocycles. The zero-order chi connectivity index (χ0) is 45.1. The highest BCUT2D eigenvalue weighted by Gasteiger charge is 2.27. The quantitative estimate of drug-likeness (QED) is 0.0155. The van der Waals surface area contributed by atoms with Crippen LogP contribution in [0.5, 0.6) is 0 Å². The predicted molar refractivity (Wildman–Crippen MR) is 253 cm³/mol. The fraction of sp³-hybridized carbons (Fsp3) is 0.600. The summed E-state index contributed by atoms with van der Waals surface area (Å²) >= 11 is 0. The van der Waals surface area contributed by atoms with Crippen LogP contribution in [0.1, 0.15) is 136 Å². The SMILES string of the molecule is CCCCC/C=C\C/C=C\C/C=C\C=C\[C@@H](O)CCCC(=O)OC[C@H](COP(=O)(O)OCC[N+](C)(C)C)OC(=O)CC/C=C\C/C=C\C/C=C\C/C=C\C/C=C\CCCCC. The van der Waals surface area contributed by atoms with E-state index in [4.69, 9.17) is 18.5 Å². The highest BCUT2D eigenvalue weighted by molar-refractivity contribution is 7.47. The number of carbonyl (C=O) groups excluding carboxylic acids is 2. The van der Waals surface area contributed by atoms with Crippen LogP contribution < -0.4 is 0 Å². The molecule has 0 fully saturated rings. The molecule has 3 atom stereocenters. The molecule has 0 aliphatic rings. The molecule has 0 saturated heterocycles. The van der Waals surface area contributed by atoms with Gasteiger partial charge in [-0.15, -0.1) is 0 Å². The van der Waals surface area contributed by atoms with Crippen molar-refractivity contribution in [2.75, 3.05) is 47.5 Å². The average molecular weight is 873 g/mol. The number of rotatable bonds is 39. The summed E-state index contributed by atoms with van der Waals surface area (Å²) in [5.74, 6) is -1.11. The lowest BCUT2D eigenvalue weighted by atomic mass is 10.1. The number of hydrogen-bond acceptors (Lipinski definition) is 8. The van der Waals surface area contributed by atoms with Gasteiger partial charge < -0.3 is 24.0 Å². The molecule has 10 nitrogen and oxygen atoms in total. The van der Waals surface area contributed by atoms with Crippen LogP contribution in [-0.2, 0) is 32.7 Å². The Kier molecular flexibility index (Phi) is 38.4. The first kappa shape index (κ1) is 57.6. The number of aliphatic hydroxyl groups excluding tert-OH is 1. The smallest absolute Gasteiger partial charge is 0.462 e. The van der Waals surface area contributed by atoms with Crippen LogP contribution in [-0.4, -0.2) is 86.1 Å². The zero-order valence-electron chi connectivity index (χ0n) is 38.5. The first-order chi connectivity index (χ1) is 29.4. The first-order valence-corrected chi connectivity index (χ1v) is 24.2. The second-order valence-electron chi connectivity index (χ2n) is 15.9. The molecule has 0 amide bonds. The molecule has 0 saturated carbocycles. The Morgan fingerprint density at radius 1 is 0.590 bits per heavy atom. The molecule has 0 rings (SSSR count). The van der Waals surface area contributed by atoms with E-state index in [9.17, 15) is 24.2 Å². The summed E-state index contributed by atoms with van der Waals surface area (Å²) in [5, 5.41) is 10.3. The molecule has 346 valence electrons. The summed E-state index contributed by atoms with van der Waals surface area (Å²) in [6, 6.07) is 0. The predicted octanol–water partition coefficient (Wildman–Crippen LogP) is 12.1. The van der Waals surface area contributed by atoms with Gasteiger partial charge in [-0.05, 0) is 83.5 Å². The molecular weight excluding hydrogens is 790 g/mol. The van der Waals surface area contributed by atoms with E-state index in [1.807, 2.05) is 45.4 Å². The van der Waals surface area contributed by atoms with Crippen molar-refractivity contribution in [1.29, 1.82) is 0 Å². The maximum atomic E-state index is 12.7. The lowest BCUT2D eigenvalue weighted by Crippen LogP contribution is -2.37. The number of esters is 2. The lowest BCUT2D eigenvalue weighted by molar-refractivity contribution is -0.870. The molecular formula is C50H83NO9P+. The summed E-state index contributed by atoms with van der Waals surface area (Å²) in [5.41, 5.74) is 0. The van der Waals surface area contributed by atoms with Crippen LogP contribution >= 0.6 is 7.82 Å². The molecule has 0 bridgehead atoms. The molecule has 1 unspecified atom stereocenters. The van der Waals surface area contributed by atoms with Crippen molar-refractivity contribution in [1.82, 2.24) is 0 Å². The number of allylic oxidation sites excluding steroid dienone is 17. The van der Waals surface area contributed by atoms with Gasteiger partial charge in [-0.2, -0.15) is 0 Å². The van der Waals surface area contributed by atoms with E-state index in [1.165, 1.54) is 44.9 Å². The Morgan fingerprint density at radius 3 is 1.59 bits per heavy atom. The summed E-state index contributed by atoms with van der Waals surface area (Å²) in [4.78, 5) is 35.4. The second-order valence-corrected chi connectivity index (χ2v) is 17.4. The number of unbranched alkanes of at least 4 members (excludes halogenated alkanes) is 6. The van der Waals surface area contributed by atoms with Gasteiger partial charge in [0.15, 0.2) is 6.10 Å². The first-order valence-electron chi connectivity index (χ1n) is 22.7. The minimum absolute atomic E-state index is 0.0177. The van der Waals surface area contributed by atoms with Crippen molar-refractivity contribution >= 4 is 19.8 Å². The topological polar surface area (TPSA) is 129 Å². The number of nitrogens with zero attached hydrogens (tertiary/aromatic N) is 1. The Bertz CT molecular complexity index is 1420. The second kappa shape index (κ2) is 40.7. The lowest BCUT2D eigenvalue weighted by Gasteiger charge is -2.24. The fourth-order valence-electron chi connectivity index (χ4n) is 5.27. The van der Waals surface area contributed by atoms with Crippen molar-refractivity contribution < 1.29 is 47.2 Å². The summed E-state index contributed by atoms with van der Waals surface area (Å²) in [7, 11) is 1.31. The van der Waals surface area contributed by atoms with Gasteiger partial charge in [-0.1, -0.05) is 149 Å². The molecule has 0 heterocycles. The number of hydrogen-bond donors (Lipinski definition) is 2. The largest absolute Gasteiger partial charge is 0.472 e. The Hall–Kier alpha value is -3.37. The van der Waals surface area contributed by atoms with Gasteiger partial charge in [0.1, 0.15) is 19.8 Å². The normalized spacial score (nSPS) is 15.1. The molecule has 0 spiro atoms. The van der Waals surface area contributed by atoms with Crippen LogP contribution in [0.25, 0.3) is 0 Å². The van der Waals surface area contributed by atoms with E-state index < -0.39 is 38.6 Å². The van der Waals surface area contributed by atoms with E-state index in [1.54, 1.807) is 12.2 Å². The minimum atomic E-state index is -4.45. The molecule has 0 aromatic carbocycles. The third-order valence-corrected chi connectivity index (χ3v) is 9.88. The average Bonchev–Trinajstić information content (AvgIpc) is 3.21. The van der Waals surface area contributed by atoms with E-state index in [-0.39, 0.29) is 26.1 Å². The van der Waals surface area contributed by atoms with Gasteiger partial charge in [-0.3, -0.25) is 18.6 Å². The molecule has 0 aliphatic carbocycles. The Labute approximate surface area is 370 Å². The van der Waals surface area contributed by atoms with Crippen LogP contribution in [0.2, 0.25) is 0 Å². The van der Waals surface area contributed by atoms with E-state index >= 15 is 0 Å². The van der Waals surface area contributed by atoms with Crippen LogP contribution in [0.3, 0.4) is 0 Å². The van der Waals surface area contributed by atoms with Gasteiger partial charge >= 0.3 is 19.8 Å². The van der Waals surface area contributed by atoms with Crippen molar-refractivity contribution in [3.63, 3.8) is 0 Å². The van der Waals surface area contributed by atoms with Crippen molar-refractivity contribution in [2.45, 2.75) is 148 Å². The standard InChI is InChI=1S/C50H82NO9P/c1-6-8-10-12-14-16-18-20-21-22-23-24-25-27-29-31-33-35-37-41-50(54)60-48(46-59-61(55,56)58-44-43-51(3,4)5)45-57-49(53)42-38-40-47(52)39-36-34-32-30-28-26-19-17-15-13-11-9-7-2/h14-17,20-21,23-24,26-29,32-36,39,47-48,52H,6-13,18-19,22,25,30-31,37-38,40-46H2,1-5H3/p+1/b16-14-,17-15-,21-20-,24-23-,28-26-,29-27-,34-32-,35-33-,39-36+/t47-,48-/m1/s1. The zero-order valence-corrected chi connectivity index (χ0v) is 39.4. The van der Waals surface area contributed by atoms with Gasteiger partial charge in [0.05, 0.1) is 33.9 Å². The van der Waals surface area contributed by atoms with Crippen molar-refractivity contribution in [3.05, 3.63) is 109 Å². The number of phosphoric acid groups is 1. The third kappa shape index (κ3) is 44.5. The van der Waals surface area contributed by atoms with Crippen LogP contribution in [0.15, 0.2) is 109 Å². The molecule has 0 radical (unpaired) electrons. The number of likely N-dealkylation sites (N-methyl/N-ethyl adjacent to an activating group) is 1. The number of quaternary nitrogens is 1. The third-order valence-electron chi connectivity index (χ3n) is 8.89. The maximum Gasteiger partial charge on any atom is 0.472 e. The molecule has 0 aliphatic heterocycles. The monoisotopic (exact) mass is 873 g/mol. The molecule has 61 heavy (non-hydrogen) atoms. The number of aliphatic hydroxyl groups is 1. The van der Waals surface area contributed by atoms with E-state index in [0.717, 1.165) is 44.9 Å². The number of phosphoric ester groups is 1. The van der Waals surface area contributed by atoms with E-state index in [2.05, 4.69) is 86.8 Å². The Morgan fingerprint density at radius 2 is 1.08 bits per heavy atom. The molecule has 11 heteroatoms. The fourth-order valence-corrected chi connectivity index (χ4v) is 6.02. The summed E-state index contributed by atoms with van der Waals surface area (Å²) in [6.45, 7) is 4.02. The highest BCUT2D eigenvalue weighted by Crippen LogP contribution is 2.43. The Balaban J connectivity index is 4.68. The van der Waals surface area contributed by atoms with Gasteiger partial charge in [0.25, 0.3) is 0 Å². The highest BCUT2D eigenvalue weighted by atomic mass is 31.2. The maximum absolute atomic E-state index is 12.7. The summed E-state index contributed by atoms with van der Waals surface area (Å²) < 4.78 is 34.0. The number of ether oxygens (including phenoxy) is 2. The minimum Gasteiger partial charge on any atom is -0.462 e. The molecule has 2 N–H and O–H groups in total. The van der Waals surface area contributed by atoms with Crippen molar-refractivity contribution in [2.24, 2.45) is 0 Å². The van der Waals surface area contributed by atoms with Gasteiger partial charge in [0.2, 0.25) is 0 Å². The van der Waals surface area contributed by atoms with E-state index in [0.29, 0.717) is 30.3 Å². The van der Waals surface area contributed by atoms with Gasteiger partial charge in [0, 0.05) is 12.8 Å². The van der Waals surface area contributed by atoms with Crippen LogP contribution in [0.4, 0.5) is 0 Å².